The molecule has 1 N–H and O–H groups in total. The van der Waals surface area contributed by atoms with Crippen LogP contribution in [0.1, 0.15) is 5.69 Å². The van der Waals surface area contributed by atoms with Gasteiger partial charge < -0.3 is 9.84 Å². The summed E-state index contributed by atoms with van der Waals surface area (Å²) in [5.74, 6) is 0.807. The number of aromatic nitrogens is 1. The number of ether oxygens (including phenoxy) is 1. The molecule has 78 valence electrons. The van der Waals surface area contributed by atoms with E-state index in [1.54, 1.807) is 25.3 Å². The fourth-order valence-electron chi connectivity index (χ4n) is 1.51. The summed E-state index contributed by atoms with van der Waals surface area (Å²) in [4.78, 5) is 4.30. The molecule has 1 heterocycles. The van der Waals surface area contributed by atoms with Crippen LogP contribution >= 0.6 is 15.9 Å². The number of pyridine rings is 1. The van der Waals surface area contributed by atoms with Crippen LogP contribution in [0.4, 0.5) is 0 Å². The first-order valence-corrected chi connectivity index (χ1v) is 5.25. The molecule has 1 aromatic heterocycles. The van der Waals surface area contributed by atoms with Gasteiger partial charge in [0.25, 0.3) is 0 Å². The number of halogens is 1. The smallest absolute Gasteiger partial charge is 0.221 e. The number of phenolic OH excluding ortho intramolecular Hbond substituents is 1. The molecule has 0 atom stereocenters. The monoisotopic (exact) mass is 267 g/mol. The Morgan fingerprint density at radius 1 is 1.33 bits per heavy atom. The van der Waals surface area contributed by atoms with Crippen LogP contribution in [0.25, 0.3) is 10.8 Å². The van der Waals surface area contributed by atoms with Gasteiger partial charge in [-0.25, -0.2) is 4.98 Å². The van der Waals surface area contributed by atoms with Gasteiger partial charge in [0, 0.05) is 15.2 Å². The van der Waals surface area contributed by atoms with Crippen molar-refractivity contribution in [3.8, 4) is 11.6 Å². The quantitative estimate of drug-likeness (QED) is 0.864. The minimum absolute atomic E-state index is 0.232. The van der Waals surface area contributed by atoms with E-state index in [0.717, 1.165) is 20.9 Å². The Morgan fingerprint density at radius 2 is 2.07 bits per heavy atom. The topological polar surface area (TPSA) is 42.4 Å². The van der Waals surface area contributed by atoms with Crippen LogP contribution in [0.15, 0.2) is 22.7 Å². The average Bonchev–Trinajstić information content (AvgIpc) is 2.23. The van der Waals surface area contributed by atoms with E-state index in [1.807, 2.05) is 6.92 Å². The summed E-state index contributed by atoms with van der Waals surface area (Å²) in [5, 5.41) is 11.2. The molecule has 0 amide bonds. The Kier molecular flexibility index (Phi) is 2.52. The first-order valence-electron chi connectivity index (χ1n) is 4.46. The van der Waals surface area contributed by atoms with E-state index in [4.69, 9.17) is 4.74 Å². The molecular weight excluding hydrogens is 258 g/mol. The van der Waals surface area contributed by atoms with Gasteiger partial charge in [-0.3, -0.25) is 0 Å². The predicted octanol–water partition coefficient (Wildman–Crippen LogP) is 3.02. The fourth-order valence-corrected chi connectivity index (χ4v) is 1.93. The summed E-state index contributed by atoms with van der Waals surface area (Å²) < 4.78 is 6.07. The summed E-state index contributed by atoms with van der Waals surface area (Å²) >= 11 is 3.45. The third-order valence-electron chi connectivity index (χ3n) is 2.25. The van der Waals surface area contributed by atoms with E-state index in [0.29, 0.717) is 5.88 Å². The van der Waals surface area contributed by atoms with Gasteiger partial charge in [-0.2, -0.15) is 0 Å². The second kappa shape index (κ2) is 3.70. The van der Waals surface area contributed by atoms with E-state index in [1.165, 1.54) is 0 Å². The van der Waals surface area contributed by atoms with Crippen molar-refractivity contribution < 1.29 is 9.84 Å². The summed E-state index contributed by atoms with van der Waals surface area (Å²) in [6.07, 6.45) is 0. The Morgan fingerprint density at radius 3 is 2.73 bits per heavy atom. The molecule has 0 aliphatic rings. The van der Waals surface area contributed by atoms with Gasteiger partial charge in [0.1, 0.15) is 5.75 Å². The molecule has 0 unspecified atom stereocenters. The number of benzene rings is 1. The van der Waals surface area contributed by atoms with Crippen LogP contribution in [0, 0.1) is 6.92 Å². The Labute approximate surface area is 95.8 Å². The SMILES string of the molecule is COc1nc(C)c(Br)c2cc(O)ccc12. The number of aromatic hydroxyl groups is 1. The predicted molar refractivity (Wildman–Crippen MR) is 62.4 cm³/mol. The lowest BCUT2D eigenvalue weighted by atomic mass is 10.1. The number of methoxy groups -OCH3 is 1. The lowest BCUT2D eigenvalue weighted by Gasteiger charge is -2.08. The number of fused-ring (bicyclic) bond motifs is 1. The van der Waals surface area contributed by atoms with Crippen LogP contribution in [-0.2, 0) is 0 Å². The maximum atomic E-state index is 9.43. The van der Waals surface area contributed by atoms with E-state index in [9.17, 15) is 5.11 Å². The van der Waals surface area contributed by atoms with Crippen molar-refractivity contribution >= 4 is 26.7 Å². The fraction of sp³-hybridized carbons (Fsp3) is 0.182. The largest absolute Gasteiger partial charge is 0.508 e. The second-order valence-electron chi connectivity index (χ2n) is 3.25. The highest BCUT2D eigenvalue weighted by molar-refractivity contribution is 9.10. The lowest BCUT2D eigenvalue weighted by Crippen LogP contribution is -1.93. The Balaban J connectivity index is 2.90. The van der Waals surface area contributed by atoms with Crippen molar-refractivity contribution in [2.24, 2.45) is 0 Å². The molecule has 0 saturated heterocycles. The highest BCUT2D eigenvalue weighted by atomic mass is 79.9. The molecular formula is C11H10BrNO2. The molecule has 0 aliphatic heterocycles. The van der Waals surface area contributed by atoms with Gasteiger partial charge in [-0.1, -0.05) is 0 Å². The highest BCUT2D eigenvalue weighted by Gasteiger charge is 2.10. The summed E-state index contributed by atoms with van der Waals surface area (Å²) in [7, 11) is 1.59. The average molecular weight is 268 g/mol. The van der Waals surface area contributed by atoms with Gasteiger partial charge in [-0.15, -0.1) is 0 Å². The van der Waals surface area contributed by atoms with E-state index in [-0.39, 0.29) is 5.75 Å². The van der Waals surface area contributed by atoms with Crippen LogP contribution in [-0.4, -0.2) is 17.2 Å². The normalized spacial score (nSPS) is 10.6. The second-order valence-corrected chi connectivity index (χ2v) is 4.04. The summed E-state index contributed by atoms with van der Waals surface area (Å²) in [6.45, 7) is 1.89. The zero-order valence-electron chi connectivity index (χ0n) is 8.41. The first kappa shape index (κ1) is 10.2. The molecule has 0 fully saturated rings. The molecule has 4 heteroatoms. The summed E-state index contributed by atoms with van der Waals surface area (Å²) in [6, 6.07) is 5.10. The number of aryl methyl sites for hydroxylation is 1. The molecule has 0 radical (unpaired) electrons. The van der Waals surface area contributed by atoms with Gasteiger partial charge in [-0.05, 0) is 41.1 Å². The molecule has 0 bridgehead atoms. The maximum absolute atomic E-state index is 9.43. The molecule has 0 spiro atoms. The maximum Gasteiger partial charge on any atom is 0.221 e. The van der Waals surface area contributed by atoms with E-state index < -0.39 is 0 Å². The number of nitrogens with zero attached hydrogens (tertiary/aromatic N) is 1. The Bertz CT molecular complexity index is 525. The van der Waals surface area contributed by atoms with Gasteiger partial charge in [0.15, 0.2) is 0 Å². The van der Waals surface area contributed by atoms with Crippen LogP contribution in [0.5, 0.6) is 11.6 Å². The van der Waals surface area contributed by atoms with Crippen LogP contribution < -0.4 is 4.74 Å². The van der Waals surface area contributed by atoms with Crippen molar-refractivity contribution in [1.29, 1.82) is 0 Å². The molecule has 1 aromatic carbocycles. The first-order chi connectivity index (χ1) is 7.13. The molecule has 0 aliphatic carbocycles. The number of phenols is 1. The molecule has 0 saturated carbocycles. The number of rotatable bonds is 1. The van der Waals surface area contributed by atoms with Crippen molar-refractivity contribution in [2.75, 3.05) is 7.11 Å². The lowest BCUT2D eigenvalue weighted by molar-refractivity contribution is 0.402. The van der Waals surface area contributed by atoms with Crippen molar-refractivity contribution in [3.63, 3.8) is 0 Å². The minimum atomic E-state index is 0.232. The van der Waals surface area contributed by atoms with E-state index in [2.05, 4.69) is 20.9 Å². The Hall–Kier alpha value is -1.29. The highest BCUT2D eigenvalue weighted by Crippen LogP contribution is 2.33. The molecule has 15 heavy (non-hydrogen) atoms. The summed E-state index contributed by atoms with van der Waals surface area (Å²) in [5.41, 5.74) is 0.838. The van der Waals surface area contributed by atoms with Crippen molar-refractivity contribution in [1.82, 2.24) is 4.98 Å². The third-order valence-corrected chi connectivity index (χ3v) is 3.25. The molecule has 3 nitrogen and oxygen atoms in total. The zero-order valence-corrected chi connectivity index (χ0v) is 10.00. The van der Waals surface area contributed by atoms with E-state index >= 15 is 0 Å². The third kappa shape index (κ3) is 1.65. The number of hydrogen-bond acceptors (Lipinski definition) is 3. The van der Waals surface area contributed by atoms with Gasteiger partial charge in [0.2, 0.25) is 5.88 Å². The van der Waals surface area contributed by atoms with Crippen molar-refractivity contribution in [2.45, 2.75) is 6.92 Å². The minimum Gasteiger partial charge on any atom is -0.508 e. The van der Waals surface area contributed by atoms with Crippen LogP contribution in [0.3, 0.4) is 0 Å². The molecule has 2 rings (SSSR count). The standard InChI is InChI=1S/C11H10BrNO2/c1-6-10(12)9-5-7(14)3-4-8(9)11(13-6)15-2/h3-5,14H,1-2H3. The molecule has 2 aromatic rings. The number of hydrogen-bond donors (Lipinski definition) is 1. The van der Waals surface area contributed by atoms with Gasteiger partial charge >= 0.3 is 0 Å². The van der Waals surface area contributed by atoms with Gasteiger partial charge in [0.05, 0.1) is 12.8 Å². The van der Waals surface area contributed by atoms with Crippen LogP contribution in [0.2, 0.25) is 0 Å². The van der Waals surface area contributed by atoms with Crippen molar-refractivity contribution in [3.05, 3.63) is 28.4 Å². The zero-order chi connectivity index (χ0) is 11.0.